The van der Waals surface area contributed by atoms with Gasteiger partial charge >= 0.3 is 5.97 Å². The summed E-state index contributed by atoms with van der Waals surface area (Å²) in [6, 6.07) is 0.756. The Kier molecular flexibility index (Phi) is 5.03. The third-order valence-electron chi connectivity index (χ3n) is 2.18. The highest BCUT2D eigenvalue weighted by molar-refractivity contribution is 7.89. The highest BCUT2D eigenvalue weighted by atomic mass is 35.5. The smallest absolute Gasteiger partial charge is 0.322 e. The highest BCUT2D eigenvalue weighted by Gasteiger charge is 2.28. The van der Waals surface area contributed by atoms with Crippen molar-refractivity contribution in [2.45, 2.75) is 17.4 Å². The predicted molar refractivity (Wildman–Crippen MR) is 67.0 cm³/mol. The van der Waals surface area contributed by atoms with Gasteiger partial charge in [0.1, 0.15) is 16.8 Å². The van der Waals surface area contributed by atoms with Crippen LogP contribution in [0.15, 0.2) is 23.1 Å². The molecule has 1 aromatic rings. The summed E-state index contributed by atoms with van der Waals surface area (Å²) in [6.45, 7) is 0. The summed E-state index contributed by atoms with van der Waals surface area (Å²) in [4.78, 5) is 21.0. The van der Waals surface area contributed by atoms with Gasteiger partial charge in [0.05, 0.1) is 11.4 Å². The van der Waals surface area contributed by atoms with Crippen LogP contribution in [0.1, 0.15) is 6.42 Å². The largest absolute Gasteiger partial charge is 0.480 e. The Morgan fingerprint density at radius 2 is 2.05 bits per heavy atom. The molecular formula is C10H10ClFN2O5S. The Balaban J connectivity index is 3.09. The van der Waals surface area contributed by atoms with E-state index in [0.717, 1.165) is 18.2 Å². The number of rotatable bonds is 6. The zero-order valence-electron chi connectivity index (χ0n) is 9.84. The number of benzene rings is 1. The van der Waals surface area contributed by atoms with Crippen molar-refractivity contribution in [2.24, 2.45) is 5.73 Å². The first-order chi connectivity index (χ1) is 9.13. The molecule has 0 aliphatic heterocycles. The van der Waals surface area contributed by atoms with E-state index >= 15 is 0 Å². The minimum Gasteiger partial charge on any atom is -0.480 e. The van der Waals surface area contributed by atoms with Crippen molar-refractivity contribution in [1.82, 2.24) is 4.72 Å². The number of amides is 1. The molecule has 1 rings (SSSR count). The number of carbonyl (C=O) groups excluding carboxylic acids is 1. The van der Waals surface area contributed by atoms with E-state index in [1.165, 1.54) is 0 Å². The van der Waals surface area contributed by atoms with E-state index in [-0.39, 0.29) is 0 Å². The summed E-state index contributed by atoms with van der Waals surface area (Å²) in [5.74, 6) is -3.32. The number of primary amides is 1. The van der Waals surface area contributed by atoms with Crippen molar-refractivity contribution in [3.05, 3.63) is 29.0 Å². The zero-order chi connectivity index (χ0) is 15.5. The molecule has 0 bridgehead atoms. The van der Waals surface area contributed by atoms with Crippen molar-refractivity contribution in [1.29, 1.82) is 0 Å². The summed E-state index contributed by atoms with van der Waals surface area (Å²) in [6.07, 6.45) is -0.729. The van der Waals surface area contributed by atoms with Crippen LogP contribution in [0.3, 0.4) is 0 Å². The van der Waals surface area contributed by atoms with Crippen LogP contribution in [0.25, 0.3) is 0 Å². The lowest BCUT2D eigenvalue weighted by atomic mass is 10.2. The molecule has 1 amide bonds. The Morgan fingerprint density at radius 3 is 2.50 bits per heavy atom. The average Bonchev–Trinajstić information content (AvgIpc) is 2.26. The molecule has 0 unspecified atom stereocenters. The molecule has 0 aliphatic rings. The number of nitrogens with two attached hydrogens (primary N) is 1. The highest BCUT2D eigenvalue weighted by Crippen LogP contribution is 2.22. The van der Waals surface area contributed by atoms with Gasteiger partial charge in [-0.2, -0.15) is 4.72 Å². The minimum absolute atomic E-state index is 0.416. The number of halogens is 2. The van der Waals surface area contributed by atoms with E-state index in [1.807, 2.05) is 0 Å². The normalized spacial score (nSPS) is 12.9. The van der Waals surface area contributed by atoms with Gasteiger partial charge in [-0.15, -0.1) is 0 Å². The average molecular weight is 325 g/mol. The van der Waals surface area contributed by atoms with Gasteiger partial charge in [0.2, 0.25) is 15.9 Å². The summed E-state index contributed by atoms with van der Waals surface area (Å²) < 4.78 is 38.5. The minimum atomic E-state index is -4.33. The van der Waals surface area contributed by atoms with Crippen LogP contribution in [0.4, 0.5) is 4.39 Å². The molecule has 0 aromatic heterocycles. The molecule has 110 valence electrons. The van der Waals surface area contributed by atoms with Gasteiger partial charge < -0.3 is 10.8 Å². The molecule has 0 aliphatic carbocycles. The lowest BCUT2D eigenvalue weighted by molar-refractivity contribution is -0.140. The Bertz CT molecular complexity index is 649. The first-order valence-electron chi connectivity index (χ1n) is 5.12. The Labute approximate surface area is 118 Å². The second-order valence-electron chi connectivity index (χ2n) is 3.76. The van der Waals surface area contributed by atoms with Gasteiger partial charge in [0.25, 0.3) is 0 Å². The second kappa shape index (κ2) is 6.16. The maximum absolute atomic E-state index is 12.8. The SMILES string of the molecule is NC(=O)C[C@H](NS(=O)(=O)c1ccc(F)cc1Cl)C(=O)O. The molecular weight excluding hydrogens is 315 g/mol. The lowest BCUT2D eigenvalue weighted by Crippen LogP contribution is -2.43. The van der Waals surface area contributed by atoms with E-state index in [1.54, 1.807) is 4.72 Å². The molecule has 0 spiro atoms. The third kappa shape index (κ3) is 4.15. The molecule has 0 fully saturated rings. The fraction of sp³-hybridized carbons (Fsp3) is 0.200. The molecule has 1 atom stereocenters. The third-order valence-corrected chi connectivity index (χ3v) is 4.14. The standard InChI is InChI=1S/C10H10ClFN2O5S/c11-6-3-5(12)1-2-8(6)20(18,19)14-7(10(16)17)4-9(13)15/h1-3,7,14H,4H2,(H2,13,15)(H,16,17)/t7-/m0/s1. The van der Waals surface area contributed by atoms with Crippen molar-refractivity contribution in [3.8, 4) is 0 Å². The van der Waals surface area contributed by atoms with Crippen LogP contribution < -0.4 is 10.5 Å². The molecule has 20 heavy (non-hydrogen) atoms. The van der Waals surface area contributed by atoms with E-state index < -0.39 is 50.1 Å². The van der Waals surface area contributed by atoms with Gasteiger partial charge in [-0.25, -0.2) is 12.8 Å². The second-order valence-corrected chi connectivity index (χ2v) is 5.85. The quantitative estimate of drug-likeness (QED) is 0.683. The summed E-state index contributed by atoms with van der Waals surface area (Å²) >= 11 is 5.58. The maximum atomic E-state index is 12.8. The number of aliphatic carboxylic acids is 1. The van der Waals surface area contributed by atoms with E-state index in [4.69, 9.17) is 22.4 Å². The molecule has 0 saturated carbocycles. The Morgan fingerprint density at radius 1 is 1.45 bits per heavy atom. The number of nitrogens with one attached hydrogen (secondary N) is 1. The van der Waals surface area contributed by atoms with E-state index in [9.17, 15) is 22.4 Å². The van der Waals surface area contributed by atoms with Gasteiger partial charge in [-0.1, -0.05) is 11.6 Å². The van der Waals surface area contributed by atoms with Crippen LogP contribution in [-0.4, -0.2) is 31.4 Å². The van der Waals surface area contributed by atoms with Crippen molar-refractivity contribution in [2.75, 3.05) is 0 Å². The first kappa shape index (κ1) is 16.3. The van der Waals surface area contributed by atoms with Gasteiger partial charge in [0.15, 0.2) is 0 Å². The maximum Gasteiger partial charge on any atom is 0.322 e. The number of carboxylic acid groups (broad SMARTS) is 1. The molecule has 10 heteroatoms. The number of sulfonamides is 1. The van der Waals surface area contributed by atoms with Crippen LogP contribution in [-0.2, 0) is 19.6 Å². The van der Waals surface area contributed by atoms with Crippen molar-refractivity contribution < 1.29 is 27.5 Å². The summed E-state index contributed by atoms with van der Waals surface area (Å²) in [7, 11) is -4.33. The monoisotopic (exact) mass is 324 g/mol. The lowest BCUT2D eigenvalue weighted by Gasteiger charge is -2.14. The number of hydrogen-bond donors (Lipinski definition) is 3. The van der Waals surface area contributed by atoms with Crippen LogP contribution in [0, 0.1) is 5.82 Å². The number of carboxylic acids is 1. The molecule has 0 heterocycles. The Hall–Kier alpha value is -1.71. The van der Waals surface area contributed by atoms with E-state index in [0.29, 0.717) is 0 Å². The zero-order valence-corrected chi connectivity index (χ0v) is 11.4. The van der Waals surface area contributed by atoms with Gasteiger partial charge in [-0.3, -0.25) is 9.59 Å². The topological polar surface area (TPSA) is 127 Å². The van der Waals surface area contributed by atoms with Crippen LogP contribution >= 0.6 is 11.6 Å². The van der Waals surface area contributed by atoms with Crippen molar-refractivity contribution in [3.63, 3.8) is 0 Å². The molecule has 4 N–H and O–H groups in total. The van der Waals surface area contributed by atoms with Gasteiger partial charge in [0, 0.05) is 0 Å². The summed E-state index contributed by atoms with van der Waals surface area (Å²) in [5, 5.41) is 8.40. The fourth-order valence-corrected chi connectivity index (χ4v) is 3.04. The first-order valence-corrected chi connectivity index (χ1v) is 6.98. The van der Waals surface area contributed by atoms with Crippen LogP contribution in [0.5, 0.6) is 0 Å². The fourth-order valence-electron chi connectivity index (χ4n) is 1.32. The number of carbonyl (C=O) groups is 2. The predicted octanol–water partition coefficient (Wildman–Crippen LogP) is 0.0860. The molecule has 1 aromatic carbocycles. The van der Waals surface area contributed by atoms with Crippen LogP contribution in [0.2, 0.25) is 5.02 Å². The molecule has 7 nitrogen and oxygen atoms in total. The molecule has 0 radical (unpaired) electrons. The van der Waals surface area contributed by atoms with Crippen molar-refractivity contribution >= 4 is 33.5 Å². The summed E-state index contributed by atoms with van der Waals surface area (Å²) in [5.41, 5.74) is 4.83. The number of hydrogen-bond acceptors (Lipinski definition) is 4. The van der Waals surface area contributed by atoms with Gasteiger partial charge in [-0.05, 0) is 18.2 Å². The van der Waals surface area contributed by atoms with E-state index in [2.05, 4.69) is 0 Å². The molecule has 0 saturated heterocycles.